The van der Waals surface area contributed by atoms with Gasteiger partial charge in [0.15, 0.2) is 0 Å². The predicted octanol–water partition coefficient (Wildman–Crippen LogP) is 1.80. The molecule has 0 aliphatic heterocycles. The van der Waals surface area contributed by atoms with Crippen molar-refractivity contribution in [2.75, 3.05) is 6.61 Å². The number of carboxylic acid groups (broad SMARTS) is 1. The predicted molar refractivity (Wildman–Crippen MR) is 61.9 cm³/mol. The Morgan fingerprint density at radius 2 is 2.21 bits per heavy atom. The number of rotatable bonds is 4. The van der Waals surface area contributed by atoms with Gasteiger partial charge < -0.3 is 10.2 Å². The molecule has 0 bridgehead atoms. The number of aliphatic hydroxyl groups excluding tert-OH is 1. The molecule has 0 aliphatic rings. The highest BCUT2D eigenvalue weighted by molar-refractivity contribution is 5.64. The zero-order valence-electron chi connectivity index (χ0n) is 10.2. The van der Waals surface area contributed by atoms with E-state index in [9.17, 15) is 14.4 Å². The standard InChI is InChI=1S/C12H13FN2O4/c1-7-9(6-14)4-8(5-10(7)13)11(2-3-16)15(19)12(17)18/h4-5,11,16,19H,2-3H2,1H3,(H,17,18)/t11-/m0/s1. The van der Waals surface area contributed by atoms with Crippen molar-refractivity contribution in [3.8, 4) is 6.07 Å². The van der Waals surface area contributed by atoms with E-state index in [1.54, 1.807) is 6.07 Å². The Kier molecular flexibility index (Phi) is 4.80. The second-order valence-electron chi connectivity index (χ2n) is 3.94. The minimum atomic E-state index is -1.63. The van der Waals surface area contributed by atoms with Gasteiger partial charge in [0.1, 0.15) is 5.82 Å². The van der Waals surface area contributed by atoms with E-state index in [2.05, 4.69) is 0 Å². The van der Waals surface area contributed by atoms with Crippen molar-refractivity contribution in [3.63, 3.8) is 0 Å². The molecule has 19 heavy (non-hydrogen) atoms. The summed E-state index contributed by atoms with van der Waals surface area (Å²) in [4.78, 5) is 10.7. The highest BCUT2D eigenvalue weighted by Crippen LogP contribution is 2.26. The molecule has 0 unspecified atom stereocenters. The quantitative estimate of drug-likeness (QED) is 0.570. The number of nitriles is 1. The normalized spacial score (nSPS) is 11.7. The summed E-state index contributed by atoms with van der Waals surface area (Å²) >= 11 is 0. The van der Waals surface area contributed by atoms with Crippen molar-refractivity contribution in [1.82, 2.24) is 5.06 Å². The summed E-state index contributed by atoms with van der Waals surface area (Å²) in [5.41, 5.74) is 0.309. The van der Waals surface area contributed by atoms with Crippen LogP contribution in [0.5, 0.6) is 0 Å². The summed E-state index contributed by atoms with van der Waals surface area (Å²) < 4.78 is 13.6. The second-order valence-corrected chi connectivity index (χ2v) is 3.94. The van der Waals surface area contributed by atoms with Gasteiger partial charge in [-0.2, -0.15) is 10.3 Å². The number of amides is 1. The fourth-order valence-electron chi connectivity index (χ4n) is 1.69. The lowest BCUT2D eigenvalue weighted by Crippen LogP contribution is -2.31. The Morgan fingerprint density at radius 3 is 2.68 bits per heavy atom. The zero-order valence-corrected chi connectivity index (χ0v) is 10.2. The first-order valence-corrected chi connectivity index (χ1v) is 5.44. The van der Waals surface area contributed by atoms with Crippen LogP contribution in [-0.2, 0) is 0 Å². The molecule has 1 rings (SSSR count). The molecule has 0 aliphatic carbocycles. The lowest BCUT2D eigenvalue weighted by atomic mass is 9.98. The number of hydrogen-bond acceptors (Lipinski definition) is 4. The minimum Gasteiger partial charge on any atom is -0.463 e. The third kappa shape index (κ3) is 3.19. The van der Waals surface area contributed by atoms with E-state index in [0.29, 0.717) is 0 Å². The van der Waals surface area contributed by atoms with Gasteiger partial charge in [-0.3, -0.25) is 5.21 Å². The fraction of sp³-hybridized carbons (Fsp3) is 0.333. The van der Waals surface area contributed by atoms with E-state index < -0.39 is 24.6 Å². The number of benzene rings is 1. The number of hydroxylamine groups is 2. The van der Waals surface area contributed by atoms with E-state index in [1.165, 1.54) is 13.0 Å². The second kappa shape index (κ2) is 6.13. The SMILES string of the molecule is Cc1c(F)cc([C@H](CCO)N(O)C(=O)O)cc1C#N. The molecule has 1 aromatic rings. The van der Waals surface area contributed by atoms with Gasteiger partial charge in [-0.05, 0) is 31.0 Å². The van der Waals surface area contributed by atoms with Gasteiger partial charge >= 0.3 is 6.09 Å². The molecule has 7 heteroatoms. The summed E-state index contributed by atoms with van der Waals surface area (Å²) in [6, 6.07) is 3.00. The molecular formula is C12H13FN2O4. The molecular weight excluding hydrogens is 255 g/mol. The van der Waals surface area contributed by atoms with Gasteiger partial charge in [0, 0.05) is 12.2 Å². The third-order valence-corrected chi connectivity index (χ3v) is 2.77. The highest BCUT2D eigenvalue weighted by Gasteiger charge is 2.24. The third-order valence-electron chi connectivity index (χ3n) is 2.77. The summed E-state index contributed by atoms with van der Waals surface area (Å²) in [6.45, 7) is 1.03. The number of nitrogens with zero attached hydrogens (tertiary/aromatic N) is 2. The van der Waals surface area contributed by atoms with Crippen LogP contribution in [0, 0.1) is 24.1 Å². The van der Waals surface area contributed by atoms with Crippen LogP contribution in [0.25, 0.3) is 0 Å². The van der Waals surface area contributed by atoms with Gasteiger partial charge in [0.05, 0.1) is 17.7 Å². The summed E-state index contributed by atoms with van der Waals surface area (Å²) in [5.74, 6) is -0.671. The Balaban J connectivity index is 3.28. The first-order chi connectivity index (χ1) is 8.92. The van der Waals surface area contributed by atoms with Crippen molar-refractivity contribution in [2.45, 2.75) is 19.4 Å². The van der Waals surface area contributed by atoms with Crippen molar-refractivity contribution in [2.24, 2.45) is 0 Å². The molecule has 1 aromatic carbocycles. The van der Waals surface area contributed by atoms with Crippen LogP contribution >= 0.6 is 0 Å². The summed E-state index contributed by atoms with van der Waals surface area (Å²) in [6.07, 6.45) is -1.74. The topological polar surface area (TPSA) is 105 Å². The molecule has 0 saturated heterocycles. The van der Waals surface area contributed by atoms with Crippen LogP contribution in [-0.4, -0.2) is 33.2 Å². The monoisotopic (exact) mass is 268 g/mol. The Hall–Kier alpha value is -2.17. The lowest BCUT2D eigenvalue weighted by molar-refractivity contribution is -0.102. The van der Waals surface area contributed by atoms with Gasteiger partial charge in [0.2, 0.25) is 0 Å². The van der Waals surface area contributed by atoms with Crippen LogP contribution < -0.4 is 0 Å². The van der Waals surface area contributed by atoms with Crippen molar-refractivity contribution >= 4 is 6.09 Å². The van der Waals surface area contributed by atoms with E-state index in [0.717, 1.165) is 6.07 Å². The Bertz CT molecular complexity index is 527. The van der Waals surface area contributed by atoms with Gasteiger partial charge in [-0.15, -0.1) is 0 Å². The molecule has 102 valence electrons. The number of carbonyl (C=O) groups is 1. The summed E-state index contributed by atoms with van der Waals surface area (Å²) in [5, 5.41) is 35.9. The first kappa shape index (κ1) is 14.9. The molecule has 0 spiro atoms. The minimum absolute atomic E-state index is 0.0124. The first-order valence-electron chi connectivity index (χ1n) is 5.44. The zero-order chi connectivity index (χ0) is 14.6. The van der Waals surface area contributed by atoms with Crippen molar-refractivity contribution < 1.29 is 24.6 Å². The molecule has 0 saturated carbocycles. The maximum atomic E-state index is 13.6. The molecule has 0 heterocycles. The fourth-order valence-corrected chi connectivity index (χ4v) is 1.69. The average molecular weight is 268 g/mol. The smallest absolute Gasteiger partial charge is 0.431 e. The molecule has 0 fully saturated rings. The summed E-state index contributed by atoms with van der Waals surface area (Å²) in [7, 11) is 0. The lowest BCUT2D eigenvalue weighted by Gasteiger charge is -2.23. The Morgan fingerprint density at radius 1 is 1.58 bits per heavy atom. The highest BCUT2D eigenvalue weighted by atomic mass is 19.1. The van der Waals surface area contributed by atoms with E-state index in [1.807, 2.05) is 0 Å². The Labute approximate surface area is 108 Å². The van der Waals surface area contributed by atoms with Crippen LogP contribution in [0.2, 0.25) is 0 Å². The molecule has 1 atom stereocenters. The van der Waals surface area contributed by atoms with Crippen LogP contribution in [0.4, 0.5) is 9.18 Å². The van der Waals surface area contributed by atoms with Crippen LogP contribution in [0.15, 0.2) is 12.1 Å². The molecule has 0 aromatic heterocycles. The number of aliphatic hydroxyl groups is 1. The van der Waals surface area contributed by atoms with Crippen LogP contribution in [0.3, 0.4) is 0 Å². The average Bonchev–Trinajstić information content (AvgIpc) is 2.38. The largest absolute Gasteiger partial charge is 0.463 e. The number of hydrogen-bond donors (Lipinski definition) is 3. The van der Waals surface area contributed by atoms with Crippen molar-refractivity contribution in [1.29, 1.82) is 5.26 Å². The number of halogens is 1. The van der Waals surface area contributed by atoms with Crippen LogP contribution in [0.1, 0.15) is 29.2 Å². The molecule has 1 amide bonds. The molecule has 3 N–H and O–H groups in total. The van der Waals surface area contributed by atoms with Crippen molar-refractivity contribution in [3.05, 3.63) is 34.6 Å². The van der Waals surface area contributed by atoms with Gasteiger partial charge in [-0.25, -0.2) is 9.18 Å². The van der Waals surface area contributed by atoms with Gasteiger partial charge in [0.25, 0.3) is 0 Å². The van der Waals surface area contributed by atoms with E-state index in [4.69, 9.17) is 15.5 Å². The maximum absolute atomic E-state index is 13.6. The van der Waals surface area contributed by atoms with E-state index in [-0.39, 0.29) is 28.2 Å². The van der Waals surface area contributed by atoms with E-state index >= 15 is 0 Å². The molecule has 6 nitrogen and oxygen atoms in total. The molecule has 0 radical (unpaired) electrons. The maximum Gasteiger partial charge on any atom is 0.431 e. The van der Waals surface area contributed by atoms with Gasteiger partial charge in [-0.1, -0.05) is 0 Å².